The van der Waals surface area contributed by atoms with E-state index in [0.717, 1.165) is 24.9 Å². The summed E-state index contributed by atoms with van der Waals surface area (Å²) < 4.78 is 0. The number of thiazole rings is 1. The van der Waals surface area contributed by atoms with Gasteiger partial charge in [-0.05, 0) is 32.2 Å². The van der Waals surface area contributed by atoms with Crippen LogP contribution < -0.4 is 5.32 Å². The Labute approximate surface area is 96.1 Å². The van der Waals surface area contributed by atoms with Gasteiger partial charge in [0.25, 0.3) is 0 Å². The van der Waals surface area contributed by atoms with Gasteiger partial charge in [0.2, 0.25) is 0 Å². The van der Waals surface area contributed by atoms with E-state index in [9.17, 15) is 0 Å². The molecule has 0 spiro atoms. The summed E-state index contributed by atoms with van der Waals surface area (Å²) in [4.78, 5) is 6.11. The molecule has 1 aliphatic rings. The van der Waals surface area contributed by atoms with Crippen LogP contribution >= 0.6 is 11.3 Å². The van der Waals surface area contributed by atoms with Gasteiger partial charge in [0, 0.05) is 17.3 Å². The van der Waals surface area contributed by atoms with E-state index in [1.165, 1.54) is 28.4 Å². The smallest absolute Gasteiger partial charge is 0.0965 e. The summed E-state index contributed by atoms with van der Waals surface area (Å²) in [5.74, 6) is 1.64. The number of hydrogen-bond donors (Lipinski definition) is 1. The first kappa shape index (κ1) is 11.1. The van der Waals surface area contributed by atoms with Crippen LogP contribution in [0.3, 0.4) is 0 Å². The van der Waals surface area contributed by atoms with Gasteiger partial charge in [-0.3, -0.25) is 0 Å². The Morgan fingerprint density at radius 3 is 2.87 bits per heavy atom. The Bertz CT molecular complexity index is 332. The second-order valence-corrected chi connectivity index (χ2v) is 5.67. The van der Waals surface area contributed by atoms with Crippen LogP contribution in [0.5, 0.6) is 0 Å². The predicted molar refractivity (Wildman–Crippen MR) is 65.4 cm³/mol. The molecule has 0 aliphatic heterocycles. The van der Waals surface area contributed by atoms with E-state index in [1.54, 1.807) is 0 Å². The molecule has 1 aliphatic carbocycles. The number of nitrogens with zero attached hydrogens (tertiary/aromatic N) is 1. The van der Waals surface area contributed by atoms with Crippen molar-refractivity contribution in [3.05, 3.63) is 15.6 Å². The first-order valence-corrected chi connectivity index (χ1v) is 6.71. The third-order valence-corrected chi connectivity index (χ3v) is 4.34. The average molecular weight is 224 g/mol. The van der Waals surface area contributed by atoms with E-state index in [1.807, 2.05) is 11.3 Å². The molecule has 0 bridgehead atoms. The lowest BCUT2D eigenvalue weighted by Crippen LogP contribution is -2.13. The molecule has 1 saturated carbocycles. The zero-order valence-electron chi connectivity index (χ0n) is 9.84. The molecular formula is C12H20N2S. The van der Waals surface area contributed by atoms with Gasteiger partial charge in [0.15, 0.2) is 0 Å². The monoisotopic (exact) mass is 224 g/mol. The minimum atomic E-state index is 0.772. The van der Waals surface area contributed by atoms with Gasteiger partial charge in [0.05, 0.1) is 10.7 Å². The fraction of sp³-hybridized carbons (Fsp3) is 0.750. The molecule has 1 aromatic heterocycles. The zero-order chi connectivity index (χ0) is 10.8. The lowest BCUT2D eigenvalue weighted by atomic mass is 10.3. The Kier molecular flexibility index (Phi) is 3.42. The minimum absolute atomic E-state index is 0.772. The third-order valence-electron chi connectivity index (χ3n) is 3.05. The minimum Gasteiger partial charge on any atom is -0.312 e. The SMILES string of the molecule is CCCNCc1sc(C2CC2C)nc1C. The Morgan fingerprint density at radius 2 is 2.27 bits per heavy atom. The van der Waals surface area contributed by atoms with Crippen LogP contribution in [0.25, 0.3) is 0 Å². The molecule has 3 heteroatoms. The standard InChI is InChI=1S/C12H20N2S/c1-4-5-13-7-11-9(3)14-12(15-11)10-6-8(10)2/h8,10,13H,4-7H2,1-3H3. The average Bonchev–Trinajstić information content (AvgIpc) is 2.81. The van der Waals surface area contributed by atoms with Crippen LogP contribution in [-0.2, 0) is 6.54 Å². The predicted octanol–water partition coefficient (Wildman–Crippen LogP) is 3.07. The van der Waals surface area contributed by atoms with Crippen LogP contribution in [0.15, 0.2) is 0 Å². The molecule has 15 heavy (non-hydrogen) atoms. The second-order valence-electron chi connectivity index (χ2n) is 4.56. The van der Waals surface area contributed by atoms with Crippen molar-refractivity contribution in [1.82, 2.24) is 10.3 Å². The third kappa shape index (κ3) is 2.58. The molecule has 84 valence electrons. The van der Waals surface area contributed by atoms with E-state index >= 15 is 0 Å². The van der Waals surface area contributed by atoms with Gasteiger partial charge in [-0.25, -0.2) is 4.98 Å². The quantitative estimate of drug-likeness (QED) is 0.778. The molecule has 1 heterocycles. The molecule has 2 unspecified atom stereocenters. The molecule has 0 saturated heterocycles. The molecule has 2 atom stereocenters. The largest absolute Gasteiger partial charge is 0.312 e. The van der Waals surface area contributed by atoms with E-state index in [0.29, 0.717) is 0 Å². The first-order valence-electron chi connectivity index (χ1n) is 5.89. The summed E-state index contributed by atoms with van der Waals surface area (Å²) in [5, 5.41) is 4.82. The maximum atomic E-state index is 4.68. The molecule has 1 N–H and O–H groups in total. The summed E-state index contributed by atoms with van der Waals surface area (Å²) in [6.45, 7) is 8.75. The van der Waals surface area contributed by atoms with Gasteiger partial charge in [0.1, 0.15) is 0 Å². The molecule has 0 amide bonds. The van der Waals surface area contributed by atoms with Gasteiger partial charge >= 0.3 is 0 Å². The normalized spacial score (nSPS) is 24.5. The van der Waals surface area contributed by atoms with Crippen LogP contribution in [0, 0.1) is 12.8 Å². The molecule has 1 aromatic rings. The zero-order valence-corrected chi connectivity index (χ0v) is 10.7. The molecule has 2 nitrogen and oxygen atoms in total. The van der Waals surface area contributed by atoms with Crippen molar-refractivity contribution in [2.75, 3.05) is 6.54 Å². The molecule has 1 fully saturated rings. The van der Waals surface area contributed by atoms with Crippen LogP contribution in [0.4, 0.5) is 0 Å². The summed E-state index contributed by atoms with van der Waals surface area (Å²) in [6.07, 6.45) is 2.54. The number of aryl methyl sites for hydroxylation is 1. The van der Waals surface area contributed by atoms with Crippen molar-refractivity contribution >= 4 is 11.3 Å². The number of rotatable bonds is 5. The maximum Gasteiger partial charge on any atom is 0.0965 e. The Balaban J connectivity index is 1.96. The second kappa shape index (κ2) is 4.62. The van der Waals surface area contributed by atoms with Gasteiger partial charge in [-0.2, -0.15) is 0 Å². The lowest BCUT2D eigenvalue weighted by molar-refractivity contribution is 0.678. The van der Waals surface area contributed by atoms with E-state index in [4.69, 9.17) is 0 Å². The summed E-state index contributed by atoms with van der Waals surface area (Å²) in [6, 6.07) is 0. The van der Waals surface area contributed by atoms with E-state index < -0.39 is 0 Å². The van der Waals surface area contributed by atoms with Gasteiger partial charge in [-0.15, -0.1) is 11.3 Å². The van der Waals surface area contributed by atoms with Crippen molar-refractivity contribution in [2.24, 2.45) is 5.92 Å². The maximum absolute atomic E-state index is 4.68. The van der Waals surface area contributed by atoms with Crippen molar-refractivity contribution in [3.63, 3.8) is 0 Å². The highest BCUT2D eigenvalue weighted by atomic mass is 32.1. The molecule has 2 rings (SSSR count). The number of nitrogens with one attached hydrogen (secondary N) is 1. The van der Waals surface area contributed by atoms with E-state index in [-0.39, 0.29) is 0 Å². The Morgan fingerprint density at radius 1 is 1.53 bits per heavy atom. The topological polar surface area (TPSA) is 24.9 Å². The van der Waals surface area contributed by atoms with Crippen molar-refractivity contribution in [3.8, 4) is 0 Å². The molecule has 0 radical (unpaired) electrons. The highest BCUT2D eigenvalue weighted by Gasteiger charge is 2.36. The van der Waals surface area contributed by atoms with Crippen molar-refractivity contribution in [2.45, 2.75) is 46.1 Å². The van der Waals surface area contributed by atoms with Crippen LogP contribution in [-0.4, -0.2) is 11.5 Å². The summed E-state index contributed by atoms with van der Waals surface area (Å²) >= 11 is 1.91. The first-order chi connectivity index (χ1) is 7.22. The molecule has 0 aromatic carbocycles. The fourth-order valence-electron chi connectivity index (χ4n) is 1.82. The summed E-state index contributed by atoms with van der Waals surface area (Å²) in [5.41, 5.74) is 1.23. The van der Waals surface area contributed by atoms with E-state index in [2.05, 4.69) is 31.1 Å². The number of hydrogen-bond acceptors (Lipinski definition) is 3. The highest BCUT2D eigenvalue weighted by Crippen LogP contribution is 2.48. The van der Waals surface area contributed by atoms with Crippen molar-refractivity contribution in [1.29, 1.82) is 0 Å². The Hall–Kier alpha value is -0.410. The lowest BCUT2D eigenvalue weighted by Gasteiger charge is -1.99. The van der Waals surface area contributed by atoms with Crippen LogP contribution in [0.2, 0.25) is 0 Å². The fourth-order valence-corrected chi connectivity index (χ4v) is 3.10. The van der Waals surface area contributed by atoms with Gasteiger partial charge in [-0.1, -0.05) is 13.8 Å². The summed E-state index contributed by atoms with van der Waals surface area (Å²) in [7, 11) is 0. The number of aromatic nitrogens is 1. The van der Waals surface area contributed by atoms with Crippen molar-refractivity contribution < 1.29 is 0 Å². The van der Waals surface area contributed by atoms with Gasteiger partial charge < -0.3 is 5.32 Å². The highest BCUT2D eigenvalue weighted by molar-refractivity contribution is 7.11. The van der Waals surface area contributed by atoms with Crippen LogP contribution in [0.1, 0.15) is 48.2 Å². The molecular weight excluding hydrogens is 204 g/mol.